The van der Waals surface area contributed by atoms with Crippen LogP contribution >= 0.6 is 27.7 Å². The predicted octanol–water partition coefficient (Wildman–Crippen LogP) is 3.10. The lowest BCUT2D eigenvalue weighted by Gasteiger charge is -1.99. The molecule has 0 aliphatic heterocycles. The van der Waals surface area contributed by atoms with Gasteiger partial charge in [-0.1, -0.05) is 6.92 Å². The van der Waals surface area contributed by atoms with E-state index < -0.39 is 0 Å². The minimum absolute atomic E-state index is 0.998. The summed E-state index contributed by atoms with van der Waals surface area (Å²) in [5, 5.41) is 0. The van der Waals surface area contributed by atoms with Crippen molar-refractivity contribution in [2.24, 2.45) is 0 Å². The summed E-state index contributed by atoms with van der Waals surface area (Å²) in [6.45, 7) is 2.15. The Labute approximate surface area is 79.7 Å². The van der Waals surface area contributed by atoms with E-state index in [0.717, 1.165) is 21.7 Å². The minimum atomic E-state index is 0.998. The van der Waals surface area contributed by atoms with Crippen LogP contribution in [0.4, 0.5) is 0 Å². The molecule has 3 heteroatoms. The molecule has 1 heterocycles. The van der Waals surface area contributed by atoms with Crippen molar-refractivity contribution >= 4 is 27.7 Å². The molecule has 0 aliphatic carbocycles. The highest BCUT2D eigenvalue weighted by Crippen LogP contribution is 2.18. The zero-order valence-electron chi connectivity index (χ0n) is 6.38. The summed E-state index contributed by atoms with van der Waals surface area (Å²) in [7, 11) is 0. The Balaban J connectivity index is 2.62. The molecule has 60 valence electrons. The van der Waals surface area contributed by atoms with Crippen LogP contribution < -0.4 is 0 Å². The highest BCUT2D eigenvalue weighted by atomic mass is 79.9. The van der Waals surface area contributed by atoms with Crippen molar-refractivity contribution in [3.05, 3.63) is 28.5 Å². The molecule has 11 heavy (non-hydrogen) atoms. The number of hydrogen-bond acceptors (Lipinski definition) is 2. The fraction of sp³-hybridized carbons (Fsp3) is 0.375. The van der Waals surface area contributed by atoms with E-state index >= 15 is 0 Å². The Morgan fingerprint density at radius 1 is 1.64 bits per heavy atom. The number of thioether (sulfide) groups is 1. The first-order valence-corrected chi connectivity index (χ1v) is 5.46. The van der Waals surface area contributed by atoms with Crippen LogP contribution in [-0.4, -0.2) is 10.7 Å². The van der Waals surface area contributed by atoms with Crippen LogP contribution in [0.5, 0.6) is 0 Å². The Morgan fingerprint density at radius 3 is 3.09 bits per heavy atom. The van der Waals surface area contributed by atoms with Crippen molar-refractivity contribution < 1.29 is 0 Å². The third-order valence-electron chi connectivity index (χ3n) is 1.28. The Hall–Kier alpha value is -0.0200. The first-order chi connectivity index (χ1) is 5.34. The van der Waals surface area contributed by atoms with E-state index in [2.05, 4.69) is 27.8 Å². The number of hydrogen-bond donors (Lipinski definition) is 0. The lowest BCUT2D eigenvalue weighted by molar-refractivity contribution is 1.15. The minimum Gasteiger partial charge on any atom is -0.259 e. The van der Waals surface area contributed by atoms with Gasteiger partial charge in [-0.15, -0.1) is 0 Å². The van der Waals surface area contributed by atoms with Crippen LogP contribution in [0.2, 0.25) is 0 Å². The van der Waals surface area contributed by atoms with E-state index in [4.69, 9.17) is 0 Å². The van der Waals surface area contributed by atoms with Gasteiger partial charge in [-0.2, -0.15) is 11.8 Å². The molecule has 0 radical (unpaired) electrons. The number of pyridine rings is 1. The van der Waals surface area contributed by atoms with E-state index in [1.165, 1.54) is 0 Å². The van der Waals surface area contributed by atoms with Gasteiger partial charge in [-0.05, 0) is 33.8 Å². The molecule has 0 aliphatic rings. The second kappa shape index (κ2) is 4.78. The first kappa shape index (κ1) is 9.07. The molecular weight excluding hydrogens is 222 g/mol. The van der Waals surface area contributed by atoms with Crippen LogP contribution in [0.25, 0.3) is 0 Å². The first-order valence-electron chi connectivity index (χ1n) is 3.51. The zero-order valence-corrected chi connectivity index (χ0v) is 8.78. The van der Waals surface area contributed by atoms with Gasteiger partial charge in [0.15, 0.2) is 0 Å². The van der Waals surface area contributed by atoms with Gasteiger partial charge < -0.3 is 0 Å². The van der Waals surface area contributed by atoms with Crippen LogP contribution in [0.1, 0.15) is 12.6 Å². The standard InChI is InChI=1S/C8H10BrNS/c1-2-11-6-8-7(9)4-3-5-10-8/h3-5H,2,6H2,1H3. The van der Waals surface area contributed by atoms with Crippen molar-refractivity contribution in [2.45, 2.75) is 12.7 Å². The summed E-state index contributed by atoms with van der Waals surface area (Å²) in [6.07, 6.45) is 1.83. The molecule has 0 aromatic carbocycles. The zero-order chi connectivity index (χ0) is 8.10. The number of rotatable bonds is 3. The molecule has 0 saturated heterocycles. The summed E-state index contributed by atoms with van der Waals surface area (Å²) in [4.78, 5) is 4.25. The summed E-state index contributed by atoms with van der Waals surface area (Å²) in [5.74, 6) is 2.14. The SMILES string of the molecule is CCSCc1ncccc1Br. The average molecular weight is 232 g/mol. The van der Waals surface area contributed by atoms with Gasteiger partial charge in [0.2, 0.25) is 0 Å². The Kier molecular flexibility index (Phi) is 3.94. The van der Waals surface area contributed by atoms with Crippen molar-refractivity contribution in [1.29, 1.82) is 0 Å². The molecule has 0 spiro atoms. The van der Waals surface area contributed by atoms with Gasteiger partial charge in [-0.25, -0.2) is 0 Å². The normalized spacial score (nSPS) is 10.0. The van der Waals surface area contributed by atoms with Crippen LogP contribution in [0, 0.1) is 0 Å². The molecule has 1 rings (SSSR count). The summed E-state index contributed by atoms with van der Waals surface area (Å²) in [6, 6.07) is 3.96. The van der Waals surface area contributed by atoms with Crippen molar-refractivity contribution in [2.75, 3.05) is 5.75 Å². The van der Waals surface area contributed by atoms with Gasteiger partial charge in [0.1, 0.15) is 0 Å². The van der Waals surface area contributed by atoms with E-state index in [1.807, 2.05) is 30.1 Å². The van der Waals surface area contributed by atoms with Crippen molar-refractivity contribution in [1.82, 2.24) is 4.98 Å². The third kappa shape index (κ3) is 2.83. The van der Waals surface area contributed by atoms with E-state index in [-0.39, 0.29) is 0 Å². The second-order valence-corrected chi connectivity index (χ2v) is 4.20. The lowest BCUT2D eigenvalue weighted by atomic mass is 10.4. The largest absolute Gasteiger partial charge is 0.259 e. The molecule has 1 aromatic rings. The summed E-state index contributed by atoms with van der Waals surface area (Å²) >= 11 is 5.33. The molecule has 0 amide bonds. The van der Waals surface area contributed by atoms with Crippen molar-refractivity contribution in [3.8, 4) is 0 Å². The van der Waals surface area contributed by atoms with Gasteiger partial charge in [0.25, 0.3) is 0 Å². The molecule has 0 saturated carbocycles. The van der Waals surface area contributed by atoms with Crippen LogP contribution in [-0.2, 0) is 5.75 Å². The molecule has 0 fully saturated rings. The number of nitrogens with zero attached hydrogens (tertiary/aromatic N) is 1. The maximum Gasteiger partial charge on any atom is 0.0644 e. The topological polar surface area (TPSA) is 12.9 Å². The molecule has 0 bridgehead atoms. The Morgan fingerprint density at radius 2 is 2.45 bits per heavy atom. The van der Waals surface area contributed by atoms with Gasteiger partial charge in [0.05, 0.1) is 5.69 Å². The molecule has 1 nitrogen and oxygen atoms in total. The van der Waals surface area contributed by atoms with Crippen LogP contribution in [0.3, 0.4) is 0 Å². The van der Waals surface area contributed by atoms with Gasteiger partial charge in [0, 0.05) is 16.4 Å². The monoisotopic (exact) mass is 231 g/mol. The molecule has 1 aromatic heterocycles. The smallest absolute Gasteiger partial charge is 0.0644 e. The quantitative estimate of drug-likeness (QED) is 0.794. The maximum atomic E-state index is 4.25. The molecular formula is C8H10BrNS. The van der Waals surface area contributed by atoms with E-state index in [1.54, 1.807) is 0 Å². The lowest BCUT2D eigenvalue weighted by Crippen LogP contribution is -1.87. The summed E-state index contributed by atoms with van der Waals surface area (Å²) in [5.41, 5.74) is 1.14. The molecule has 0 N–H and O–H groups in total. The Bertz CT molecular complexity index is 227. The van der Waals surface area contributed by atoms with Crippen LogP contribution in [0.15, 0.2) is 22.8 Å². The fourth-order valence-corrected chi connectivity index (χ4v) is 1.93. The van der Waals surface area contributed by atoms with Gasteiger partial charge in [-0.3, -0.25) is 4.98 Å². The van der Waals surface area contributed by atoms with E-state index in [0.29, 0.717) is 0 Å². The van der Waals surface area contributed by atoms with Crippen molar-refractivity contribution in [3.63, 3.8) is 0 Å². The van der Waals surface area contributed by atoms with E-state index in [9.17, 15) is 0 Å². The third-order valence-corrected chi connectivity index (χ3v) is 2.89. The molecule has 0 unspecified atom stereocenters. The highest BCUT2D eigenvalue weighted by Gasteiger charge is 1.97. The van der Waals surface area contributed by atoms with Gasteiger partial charge >= 0.3 is 0 Å². The second-order valence-electron chi connectivity index (χ2n) is 2.07. The average Bonchev–Trinajstić information content (AvgIpc) is 2.03. The maximum absolute atomic E-state index is 4.25. The summed E-state index contributed by atoms with van der Waals surface area (Å²) < 4.78 is 1.11. The highest BCUT2D eigenvalue weighted by molar-refractivity contribution is 9.10. The fourth-order valence-electron chi connectivity index (χ4n) is 0.723. The predicted molar refractivity (Wildman–Crippen MR) is 53.8 cm³/mol. The number of aromatic nitrogens is 1. The number of halogens is 1. The molecule has 0 atom stereocenters.